The zero-order valence-corrected chi connectivity index (χ0v) is 35.3. The van der Waals surface area contributed by atoms with Crippen molar-refractivity contribution in [3.05, 3.63) is 104 Å². The summed E-state index contributed by atoms with van der Waals surface area (Å²) in [7, 11) is 0. The highest BCUT2D eigenvalue weighted by Crippen LogP contribution is 2.65. The predicted molar refractivity (Wildman–Crippen MR) is 233 cm³/mol. The fourth-order valence-corrected chi connectivity index (χ4v) is 12.1. The Kier molecular flexibility index (Phi) is 9.35. The van der Waals surface area contributed by atoms with E-state index in [1.807, 2.05) is 6.07 Å². The SMILES string of the molecule is O=C1NCC2(C3CCC4(C3)Cn3cc(O)c(=O)c(n3)C(=O)NCCCCCc3cn4c4ncccc34)CC2CCc2ccc3ccn(c3n2)C2(CCCC2)Cn2cc(O)c(=O)c1n2. The standard InChI is InChI=1S/C47H52N10O6/c58-35-24-54-27-45(15-3-4-16-45)56-20-14-29-9-11-33(51-41(29)56)12-10-31-22-47(31,26-50-44(63)38(53-54)40(35)61)32-13-17-46(21-32)28-55-25-36(59)39(60)37(52-55)43(62)49-18-5-1-2-7-30-23-57(46)42-34(30)8-6-19-48-42/h6,8-9,11,14,19-20,23-25,31-32,58-59H,1-5,7,10,12-13,15-18,21-22,26-28H2,(H,49,62)(H,50,63). The molecular weight excluding hydrogens is 801 g/mol. The molecule has 2 aliphatic heterocycles. The molecule has 16 nitrogen and oxygen atoms in total. The van der Waals surface area contributed by atoms with Crippen LogP contribution in [0.15, 0.2) is 70.9 Å². The molecule has 3 saturated carbocycles. The van der Waals surface area contributed by atoms with E-state index in [0.29, 0.717) is 32.5 Å². The molecule has 0 radical (unpaired) electrons. The van der Waals surface area contributed by atoms with E-state index >= 15 is 0 Å². The molecule has 6 aromatic rings. The lowest BCUT2D eigenvalue weighted by molar-refractivity contribution is 0.0916. The first-order chi connectivity index (χ1) is 30.5. The summed E-state index contributed by atoms with van der Waals surface area (Å²) in [4.78, 5) is 64.3. The summed E-state index contributed by atoms with van der Waals surface area (Å²) in [6.07, 6.45) is 20.5. The van der Waals surface area contributed by atoms with Gasteiger partial charge < -0.3 is 30.0 Å². The molecule has 8 heterocycles. The number of hydrogen-bond acceptors (Lipinski definition) is 10. The molecule has 4 N–H and O–H groups in total. The van der Waals surface area contributed by atoms with Crippen LogP contribution in [-0.4, -0.2) is 73.8 Å². The van der Waals surface area contributed by atoms with Gasteiger partial charge in [0, 0.05) is 48.1 Å². The molecule has 16 heteroatoms. The zero-order chi connectivity index (χ0) is 43.1. The van der Waals surface area contributed by atoms with Gasteiger partial charge in [-0.2, -0.15) is 10.2 Å². The molecule has 3 aliphatic carbocycles. The summed E-state index contributed by atoms with van der Waals surface area (Å²) >= 11 is 0. The minimum absolute atomic E-state index is 0.0906. The van der Waals surface area contributed by atoms with Crippen LogP contribution in [0.2, 0.25) is 0 Å². The van der Waals surface area contributed by atoms with Crippen molar-refractivity contribution >= 4 is 33.9 Å². The lowest BCUT2D eigenvalue weighted by atomic mass is 9.82. The van der Waals surface area contributed by atoms with E-state index in [2.05, 4.69) is 66.6 Å². The number of aromatic nitrogens is 8. The van der Waals surface area contributed by atoms with Gasteiger partial charge in [0.2, 0.25) is 0 Å². The third kappa shape index (κ3) is 6.62. The van der Waals surface area contributed by atoms with Gasteiger partial charge in [-0.3, -0.25) is 28.5 Å². The average molecular weight is 853 g/mol. The average Bonchev–Trinajstić information content (AvgIpc) is 3.79. The number of fused-ring (bicyclic) bond motifs is 13. The first-order valence-electron chi connectivity index (χ1n) is 22.7. The summed E-state index contributed by atoms with van der Waals surface area (Å²) in [6.45, 7) is 1.32. The van der Waals surface area contributed by atoms with E-state index in [0.717, 1.165) is 105 Å². The molecule has 5 aliphatic rings. The van der Waals surface area contributed by atoms with Gasteiger partial charge in [-0.15, -0.1) is 0 Å². The van der Waals surface area contributed by atoms with Gasteiger partial charge in [0.1, 0.15) is 11.3 Å². The van der Waals surface area contributed by atoms with Crippen LogP contribution in [0, 0.1) is 17.3 Å². The van der Waals surface area contributed by atoms with Gasteiger partial charge >= 0.3 is 0 Å². The third-order valence-electron chi connectivity index (χ3n) is 15.4. The van der Waals surface area contributed by atoms with Crippen molar-refractivity contribution in [3.8, 4) is 11.5 Å². The Morgan fingerprint density at radius 2 is 1.41 bits per heavy atom. The van der Waals surface area contributed by atoms with Crippen LogP contribution in [0.5, 0.6) is 11.5 Å². The van der Waals surface area contributed by atoms with Crippen LogP contribution in [0.4, 0.5) is 0 Å². The molecule has 0 saturated heterocycles. The molecule has 3 fully saturated rings. The molecule has 2 amide bonds. The number of aryl methyl sites for hydroxylation is 2. The maximum Gasteiger partial charge on any atom is 0.275 e. The molecule has 11 rings (SSSR count). The molecule has 2 spiro atoms. The number of hydrogen-bond donors (Lipinski definition) is 4. The topological polar surface area (TPSA) is 204 Å². The molecule has 326 valence electrons. The van der Waals surface area contributed by atoms with Crippen LogP contribution in [0.3, 0.4) is 0 Å². The maximum atomic E-state index is 14.2. The Labute approximate surface area is 362 Å². The third-order valence-corrected chi connectivity index (χ3v) is 15.4. The number of nitrogens with zero attached hydrogens (tertiary/aromatic N) is 8. The summed E-state index contributed by atoms with van der Waals surface area (Å²) in [5.41, 5.74) is 0.299. The number of carbonyl (C=O) groups is 2. The Morgan fingerprint density at radius 1 is 0.683 bits per heavy atom. The quantitative estimate of drug-likeness (QED) is 0.176. The van der Waals surface area contributed by atoms with Gasteiger partial charge in [-0.05, 0) is 124 Å². The first-order valence-corrected chi connectivity index (χ1v) is 22.7. The van der Waals surface area contributed by atoms with E-state index in [9.17, 15) is 29.4 Å². The maximum absolute atomic E-state index is 14.2. The van der Waals surface area contributed by atoms with E-state index in [4.69, 9.17) is 9.97 Å². The molecule has 6 aromatic heterocycles. The molecule has 4 unspecified atom stereocenters. The summed E-state index contributed by atoms with van der Waals surface area (Å²) in [5, 5.41) is 39.2. The van der Waals surface area contributed by atoms with Crippen LogP contribution < -0.4 is 21.5 Å². The summed E-state index contributed by atoms with van der Waals surface area (Å²) < 4.78 is 7.63. The molecular formula is C47H52N10O6. The highest BCUT2D eigenvalue weighted by molar-refractivity contribution is 5.93. The van der Waals surface area contributed by atoms with Crippen LogP contribution in [0.1, 0.15) is 109 Å². The second kappa shape index (κ2) is 14.9. The second-order valence-electron chi connectivity index (χ2n) is 19.1. The van der Waals surface area contributed by atoms with E-state index in [-0.39, 0.29) is 40.7 Å². The molecule has 8 bridgehead atoms. The lowest BCUT2D eigenvalue weighted by Gasteiger charge is -2.34. The van der Waals surface area contributed by atoms with Crippen molar-refractivity contribution in [2.45, 2.75) is 114 Å². The van der Waals surface area contributed by atoms with Crippen molar-refractivity contribution in [1.29, 1.82) is 0 Å². The van der Waals surface area contributed by atoms with E-state index in [1.165, 1.54) is 22.6 Å². The minimum Gasteiger partial charge on any atom is -0.503 e. The highest BCUT2D eigenvalue weighted by atomic mass is 16.3. The van der Waals surface area contributed by atoms with Gasteiger partial charge in [0.05, 0.1) is 36.6 Å². The second-order valence-corrected chi connectivity index (χ2v) is 19.1. The van der Waals surface area contributed by atoms with Crippen molar-refractivity contribution in [2.75, 3.05) is 13.1 Å². The fraction of sp³-hybridized carbons (Fsp3) is 0.489. The fourth-order valence-electron chi connectivity index (χ4n) is 12.1. The number of rotatable bonds is 1. The number of pyridine rings is 2. The van der Waals surface area contributed by atoms with Gasteiger partial charge in [-0.25, -0.2) is 9.97 Å². The Bertz CT molecular complexity index is 2940. The number of aromatic hydroxyl groups is 2. The van der Waals surface area contributed by atoms with Crippen molar-refractivity contribution in [1.82, 2.24) is 49.3 Å². The van der Waals surface area contributed by atoms with Crippen molar-refractivity contribution in [2.24, 2.45) is 17.3 Å². The largest absolute Gasteiger partial charge is 0.503 e. The summed E-state index contributed by atoms with van der Waals surface area (Å²) in [6, 6.07) is 10.5. The predicted octanol–water partition coefficient (Wildman–Crippen LogP) is 4.91. The van der Waals surface area contributed by atoms with E-state index in [1.54, 1.807) is 10.9 Å². The van der Waals surface area contributed by atoms with Crippen molar-refractivity contribution in [3.63, 3.8) is 0 Å². The molecule has 63 heavy (non-hydrogen) atoms. The Morgan fingerprint density at radius 3 is 2.19 bits per heavy atom. The van der Waals surface area contributed by atoms with Crippen molar-refractivity contribution < 1.29 is 19.8 Å². The Hall–Kier alpha value is -6.32. The van der Waals surface area contributed by atoms with Gasteiger partial charge in [0.25, 0.3) is 22.7 Å². The summed E-state index contributed by atoms with van der Waals surface area (Å²) in [5.74, 6) is -1.96. The van der Waals surface area contributed by atoms with Crippen LogP contribution in [0.25, 0.3) is 22.1 Å². The van der Waals surface area contributed by atoms with Crippen LogP contribution >= 0.6 is 0 Å². The molecule has 4 atom stereocenters. The number of carbonyl (C=O) groups excluding carboxylic acids is 2. The normalized spacial score (nSPS) is 26.1. The Balaban J connectivity index is 0.997. The monoisotopic (exact) mass is 852 g/mol. The number of nitrogens with one attached hydrogen (secondary N) is 2. The smallest absolute Gasteiger partial charge is 0.275 e. The first kappa shape index (κ1) is 39.5. The number of amides is 2. The van der Waals surface area contributed by atoms with Crippen LogP contribution in [-0.2, 0) is 37.0 Å². The highest BCUT2D eigenvalue weighted by Gasteiger charge is 2.61. The van der Waals surface area contributed by atoms with Gasteiger partial charge in [-0.1, -0.05) is 19.3 Å². The van der Waals surface area contributed by atoms with E-state index < -0.39 is 39.7 Å². The zero-order valence-electron chi connectivity index (χ0n) is 35.3. The molecule has 0 aromatic carbocycles. The van der Waals surface area contributed by atoms with Gasteiger partial charge in [0.15, 0.2) is 22.9 Å². The minimum atomic E-state index is -0.809. The lowest BCUT2D eigenvalue weighted by Crippen LogP contribution is -2.41.